The number of carbonyl (C=O) groups is 1. The fourth-order valence-corrected chi connectivity index (χ4v) is 3.81. The van der Waals surface area contributed by atoms with Crippen LogP contribution in [0.25, 0.3) is 10.8 Å². The average Bonchev–Trinajstić information content (AvgIpc) is 2.57. The fourth-order valence-electron chi connectivity index (χ4n) is 2.30. The van der Waals surface area contributed by atoms with E-state index in [0.717, 1.165) is 4.42 Å². The molecule has 0 aliphatic carbocycles. The molecular formula is C15H18ClN5O4S. The second-order valence-electron chi connectivity index (χ2n) is 5.89. The van der Waals surface area contributed by atoms with Crippen molar-refractivity contribution in [3.05, 3.63) is 30.6 Å². The normalized spacial score (nSPS) is 12.9. The number of carboxylic acid groups (broad SMARTS) is 1. The van der Waals surface area contributed by atoms with E-state index in [0.29, 0.717) is 16.5 Å². The monoisotopic (exact) mass is 399 g/mol. The van der Waals surface area contributed by atoms with Crippen LogP contribution in [-0.4, -0.2) is 36.5 Å². The molecule has 0 aliphatic rings. The third-order valence-corrected chi connectivity index (χ3v) is 5.46. The number of hydrogen-bond acceptors (Lipinski definition) is 5. The summed E-state index contributed by atoms with van der Waals surface area (Å²) < 4.78 is 28.2. The van der Waals surface area contributed by atoms with Gasteiger partial charge in [-0.2, -0.15) is 4.72 Å². The van der Waals surface area contributed by atoms with Crippen molar-refractivity contribution in [3.8, 4) is 0 Å². The van der Waals surface area contributed by atoms with E-state index < -0.39 is 33.9 Å². The number of benzene rings is 1. The lowest BCUT2D eigenvalue weighted by molar-refractivity contribution is -0.140. The van der Waals surface area contributed by atoms with Crippen LogP contribution >= 0.6 is 11.8 Å². The molecule has 0 amide bonds. The molecule has 0 unspecified atom stereocenters. The second-order valence-corrected chi connectivity index (χ2v) is 7.94. The summed E-state index contributed by atoms with van der Waals surface area (Å²) >= 11 is 5.94. The Kier molecular flexibility index (Phi) is 5.69. The van der Waals surface area contributed by atoms with Crippen molar-refractivity contribution >= 4 is 50.2 Å². The van der Waals surface area contributed by atoms with Crippen molar-refractivity contribution in [2.45, 2.75) is 24.8 Å². The van der Waals surface area contributed by atoms with Gasteiger partial charge in [0, 0.05) is 28.7 Å². The van der Waals surface area contributed by atoms with Gasteiger partial charge < -0.3 is 10.8 Å². The van der Waals surface area contributed by atoms with Crippen molar-refractivity contribution in [1.82, 2.24) is 9.71 Å². The van der Waals surface area contributed by atoms with Gasteiger partial charge in [-0.05, 0) is 18.1 Å². The van der Waals surface area contributed by atoms with Gasteiger partial charge >= 0.3 is 5.97 Å². The largest absolute Gasteiger partial charge is 0.480 e. The Bertz CT molecular complexity index is 964. The number of rotatable bonds is 6. The van der Waals surface area contributed by atoms with Crippen molar-refractivity contribution in [2.75, 3.05) is 4.42 Å². The zero-order valence-electron chi connectivity index (χ0n) is 14.0. The lowest BCUT2D eigenvalue weighted by Crippen LogP contribution is -2.44. The molecule has 11 heteroatoms. The first-order chi connectivity index (χ1) is 12.0. The first-order valence-corrected chi connectivity index (χ1v) is 9.29. The molecule has 1 atom stereocenters. The minimum absolute atomic E-state index is 0.111. The smallest absolute Gasteiger partial charge is 0.322 e. The van der Waals surface area contributed by atoms with Crippen LogP contribution < -0.4 is 14.9 Å². The molecular weight excluding hydrogens is 382 g/mol. The van der Waals surface area contributed by atoms with Crippen molar-refractivity contribution < 1.29 is 18.3 Å². The van der Waals surface area contributed by atoms with Crippen LogP contribution in [0.5, 0.6) is 0 Å². The number of anilines is 1. The number of nitrogens with zero attached hydrogens (tertiary/aromatic N) is 2. The Morgan fingerprint density at radius 2 is 2.04 bits per heavy atom. The van der Waals surface area contributed by atoms with E-state index in [-0.39, 0.29) is 4.90 Å². The molecule has 0 saturated heterocycles. The van der Waals surface area contributed by atoms with Crippen LogP contribution in [0.15, 0.2) is 35.5 Å². The maximum absolute atomic E-state index is 12.5. The lowest BCUT2D eigenvalue weighted by atomic mass is 10.1. The molecule has 5 N–H and O–H groups in total. The van der Waals surface area contributed by atoms with Gasteiger partial charge in [-0.15, -0.1) is 0 Å². The molecule has 2 aromatic rings. The number of halogens is 1. The Hall–Kier alpha value is -2.43. The first kappa shape index (κ1) is 19.9. The minimum Gasteiger partial charge on any atom is -0.480 e. The molecule has 0 spiro atoms. The molecule has 2 rings (SSSR count). The summed E-state index contributed by atoms with van der Waals surface area (Å²) in [5.74, 6) is -2.11. The number of aliphatic carboxylic acids is 1. The van der Waals surface area contributed by atoms with Gasteiger partial charge in [-0.3, -0.25) is 15.2 Å². The summed E-state index contributed by atoms with van der Waals surface area (Å²) in [6.07, 6.45) is 2.82. The standard InChI is InChI=1S/C15H18ClN5O4S/c1-8(2)13(14(22)23)20-26(24,25)10-3-4-11-9(5-10)6-19-7-12(11)21(16)15(17)18/h3-8,13,20H,1-2H3,(H3,17,18)(H,22,23)/t13-/m0/s1. The topological polar surface area (TPSA) is 149 Å². The van der Waals surface area contributed by atoms with Gasteiger partial charge in [0.15, 0.2) is 0 Å². The highest BCUT2D eigenvalue weighted by molar-refractivity contribution is 7.89. The Morgan fingerprint density at radius 3 is 2.58 bits per heavy atom. The molecule has 9 nitrogen and oxygen atoms in total. The zero-order chi connectivity index (χ0) is 19.6. The predicted molar refractivity (Wildman–Crippen MR) is 98.6 cm³/mol. The number of carboxylic acids is 1. The van der Waals surface area contributed by atoms with E-state index in [4.69, 9.17) is 22.9 Å². The lowest BCUT2D eigenvalue weighted by Gasteiger charge is -2.18. The molecule has 0 radical (unpaired) electrons. The van der Waals surface area contributed by atoms with Crippen LogP contribution in [0.2, 0.25) is 0 Å². The van der Waals surface area contributed by atoms with E-state index in [1.54, 1.807) is 13.8 Å². The zero-order valence-corrected chi connectivity index (χ0v) is 15.5. The second kappa shape index (κ2) is 7.44. The van der Waals surface area contributed by atoms with Gasteiger partial charge in [0.1, 0.15) is 6.04 Å². The molecule has 26 heavy (non-hydrogen) atoms. The molecule has 0 bridgehead atoms. The molecule has 1 aromatic carbocycles. The third-order valence-electron chi connectivity index (χ3n) is 3.66. The Morgan fingerprint density at radius 1 is 1.38 bits per heavy atom. The number of nitrogens with two attached hydrogens (primary N) is 1. The Labute approximate surface area is 155 Å². The average molecular weight is 400 g/mol. The summed E-state index contributed by atoms with van der Waals surface area (Å²) in [6.45, 7) is 3.21. The van der Waals surface area contributed by atoms with Crippen molar-refractivity contribution in [2.24, 2.45) is 11.7 Å². The molecule has 1 heterocycles. The molecule has 0 aliphatic heterocycles. The number of nitrogens with one attached hydrogen (secondary N) is 2. The molecule has 140 valence electrons. The van der Waals surface area contributed by atoms with Gasteiger partial charge in [-0.25, -0.2) is 12.8 Å². The van der Waals surface area contributed by atoms with Crippen LogP contribution in [0.1, 0.15) is 13.8 Å². The van der Waals surface area contributed by atoms with Gasteiger partial charge in [0.25, 0.3) is 0 Å². The maximum Gasteiger partial charge on any atom is 0.322 e. The highest BCUT2D eigenvalue weighted by Crippen LogP contribution is 2.28. The quantitative estimate of drug-likeness (QED) is 0.326. The van der Waals surface area contributed by atoms with E-state index in [1.165, 1.54) is 30.6 Å². The summed E-state index contributed by atoms with van der Waals surface area (Å²) in [7, 11) is -4.06. The third kappa shape index (κ3) is 4.03. The molecule has 0 saturated carbocycles. The fraction of sp³-hybridized carbons (Fsp3) is 0.267. The van der Waals surface area contributed by atoms with Gasteiger partial charge in [0.2, 0.25) is 16.0 Å². The Balaban J connectivity index is 2.48. The molecule has 0 fully saturated rings. The summed E-state index contributed by atoms with van der Waals surface area (Å²) in [6, 6.07) is 2.90. The SMILES string of the molecule is CC(C)[C@H](NS(=O)(=O)c1ccc2c(N(Cl)C(=N)N)cncc2c1)C(=O)O. The highest BCUT2D eigenvalue weighted by Gasteiger charge is 2.28. The van der Waals surface area contributed by atoms with Gasteiger partial charge in [0.05, 0.1) is 16.8 Å². The van der Waals surface area contributed by atoms with Crippen molar-refractivity contribution in [3.63, 3.8) is 0 Å². The minimum atomic E-state index is -4.06. The van der Waals surface area contributed by atoms with Crippen LogP contribution in [-0.2, 0) is 14.8 Å². The maximum atomic E-state index is 12.5. The number of sulfonamides is 1. The van der Waals surface area contributed by atoms with E-state index in [2.05, 4.69) is 9.71 Å². The number of fused-ring (bicyclic) bond motifs is 1. The summed E-state index contributed by atoms with van der Waals surface area (Å²) in [5, 5.41) is 17.5. The summed E-state index contributed by atoms with van der Waals surface area (Å²) in [5.41, 5.74) is 5.68. The van der Waals surface area contributed by atoms with Crippen LogP contribution in [0.3, 0.4) is 0 Å². The first-order valence-electron chi connectivity index (χ1n) is 7.47. The predicted octanol–water partition coefficient (Wildman–Crippen LogP) is 1.48. The van der Waals surface area contributed by atoms with Gasteiger partial charge in [-0.1, -0.05) is 19.9 Å². The number of pyridine rings is 1. The van der Waals surface area contributed by atoms with Crippen LogP contribution in [0, 0.1) is 11.3 Å². The van der Waals surface area contributed by atoms with E-state index in [9.17, 15) is 18.3 Å². The molecule has 1 aromatic heterocycles. The highest BCUT2D eigenvalue weighted by atomic mass is 35.5. The van der Waals surface area contributed by atoms with E-state index >= 15 is 0 Å². The van der Waals surface area contributed by atoms with E-state index in [1.807, 2.05) is 0 Å². The number of aromatic nitrogens is 1. The summed E-state index contributed by atoms with van der Waals surface area (Å²) in [4.78, 5) is 15.1. The van der Waals surface area contributed by atoms with Crippen molar-refractivity contribution in [1.29, 1.82) is 5.41 Å². The van der Waals surface area contributed by atoms with Crippen LogP contribution in [0.4, 0.5) is 5.69 Å². The number of hydrogen-bond donors (Lipinski definition) is 4. The number of guanidine groups is 1.